The van der Waals surface area contributed by atoms with E-state index in [1.807, 2.05) is 13.8 Å². The lowest BCUT2D eigenvalue weighted by Gasteiger charge is -2.28. The average Bonchev–Trinajstić information content (AvgIpc) is 3.16. The molecular weight excluding hydrogens is 306 g/mol. The minimum Gasteiger partial charge on any atom is -0.466 e. The van der Waals surface area contributed by atoms with Crippen LogP contribution in [0.1, 0.15) is 67.4 Å². The Balaban J connectivity index is 1.77. The van der Waals surface area contributed by atoms with E-state index in [0.29, 0.717) is 11.8 Å². The van der Waals surface area contributed by atoms with Crippen molar-refractivity contribution in [3.05, 3.63) is 34.9 Å². The Morgan fingerprint density at radius 2 is 2.00 bits per heavy atom. The molecule has 0 amide bonds. The van der Waals surface area contributed by atoms with Gasteiger partial charge in [0, 0.05) is 31.2 Å². The first kappa shape index (κ1) is 17.2. The molecule has 6 heteroatoms. The summed E-state index contributed by atoms with van der Waals surface area (Å²) in [7, 11) is 0. The molecule has 0 aliphatic carbocycles. The highest BCUT2D eigenvalue weighted by atomic mass is 16.5. The average molecular weight is 333 g/mol. The van der Waals surface area contributed by atoms with E-state index in [9.17, 15) is 0 Å². The number of hydrogen-bond donors (Lipinski definition) is 1. The molecule has 1 N–H and O–H groups in total. The zero-order valence-corrected chi connectivity index (χ0v) is 15.0. The molecule has 1 saturated heterocycles. The molecule has 2 aromatic heterocycles. The van der Waals surface area contributed by atoms with Crippen LogP contribution in [0.3, 0.4) is 0 Å². The van der Waals surface area contributed by atoms with Gasteiger partial charge >= 0.3 is 0 Å². The van der Waals surface area contributed by atoms with Crippen molar-refractivity contribution >= 4 is 0 Å². The fraction of sp³-hybridized carbons (Fsp3) is 0.667. The van der Waals surface area contributed by atoms with Crippen LogP contribution in [0.25, 0.3) is 0 Å². The number of ether oxygens (including phenoxy) is 1. The molecule has 24 heavy (non-hydrogen) atoms. The molecule has 0 radical (unpaired) electrons. The van der Waals surface area contributed by atoms with E-state index in [4.69, 9.17) is 13.7 Å². The van der Waals surface area contributed by atoms with Gasteiger partial charge in [0.25, 0.3) is 0 Å². The molecule has 6 nitrogen and oxygen atoms in total. The first-order valence-electron chi connectivity index (χ1n) is 8.75. The smallest absolute Gasteiger partial charge is 0.244 e. The Morgan fingerprint density at radius 3 is 2.58 bits per heavy atom. The fourth-order valence-electron chi connectivity index (χ4n) is 3.19. The normalized spacial score (nSPS) is 17.5. The van der Waals surface area contributed by atoms with Crippen molar-refractivity contribution in [3.8, 4) is 0 Å². The van der Waals surface area contributed by atoms with Gasteiger partial charge in [0.05, 0.1) is 6.04 Å². The van der Waals surface area contributed by atoms with Crippen LogP contribution in [0.15, 0.2) is 15.0 Å². The van der Waals surface area contributed by atoms with Crippen LogP contribution in [-0.2, 0) is 11.3 Å². The van der Waals surface area contributed by atoms with Crippen LogP contribution in [0, 0.1) is 19.8 Å². The van der Waals surface area contributed by atoms with Gasteiger partial charge in [-0.05, 0) is 38.7 Å². The molecule has 1 aliphatic heterocycles. The Hall–Kier alpha value is -1.66. The molecule has 1 fully saturated rings. The SMILES string of the molecule is Cc1cc(CN[C@H](c2nc(C(C)C)no2)C2CCOCC2)c(C)o1. The summed E-state index contributed by atoms with van der Waals surface area (Å²) in [6.45, 7) is 10.4. The summed E-state index contributed by atoms with van der Waals surface area (Å²) in [4.78, 5) is 4.62. The maximum Gasteiger partial charge on any atom is 0.244 e. The van der Waals surface area contributed by atoms with E-state index in [-0.39, 0.29) is 12.0 Å². The van der Waals surface area contributed by atoms with Gasteiger partial charge in [-0.3, -0.25) is 0 Å². The maximum atomic E-state index is 5.62. The molecule has 0 saturated carbocycles. The van der Waals surface area contributed by atoms with Crippen molar-refractivity contribution in [1.29, 1.82) is 0 Å². The van der Waals surface area contributed by atoms with Crippen LogP contribution in [0.2, 0.25) is 0 Å². The predicted octanol–water partition coefficient (Wildman–Crippen LogP) is 3.66. The van der Waals surface area contributed by atoms with Crippen molar-refractivity contribution in [2.75, 3.05) is 13.2 Å². The summed E-state index contributed by atoms with van der Waals surface area (Å²) >= 11 is 0. The number of furan rings is 1. The first-order valence-corrected chi connectivity index (χ1v) is 8.75. The molecule has 2 aromatic rings. The Kier molecular flexibility index (Phi) is 5.36. The van der Waals surface area contributed by atoms with Gasteiger partial charge in [0.15, 0.2) is 5.82 Å². The van der Waals surface area contributed by atoms with Crippen molar-refractivity contribution in [2.45, 2.75) is 59.0 Å². The lowest BCUT2D eigenvalue weighted by atomic mass is 9.91. The number of nitrogens with one attached hydrogen (secondary N) is 1. The van der Waals surface area contributed by atoms with Gasteiger partial charge in [-0.2, -0.15) is 4.98 Å². The van der Waals surface area contributed by atoms with Crippen LogP contribution >= 0.6 is 0 Å². The number of rotatable bonds is 6. The van der Waals surface area contributed by atoms with Gasteiger partial charge in [0.1, 0.15) is 11.5 Å². The highest BCUT2D eigenvalue weighted by Crippen LogP contribution is 2.30. The Morgan fingerprint density at radius 1 is 1.25 bits per heavy atom. The summed E-state index contributed by atoms with van der Waals surface area (Å²) in [6, 6.07) is 2.13. The van der Waals surface area contributed by atoms with E-state index in [2.05, 4.69) is 35.4 Å². The largest absolute Gasteiger partial charge is 0.466 e. The van der Waals surface area contributed by atoms with Crippen LogP contribution in [0.5, 0.6) is 0 Å². The topological polar surface area (TPSA) is 73.3 Å². The summed E-state index contributed by atoms with van der Waals surface area (Å²) in [5.74, 6) is 4.04. The second-order valence-electron chi connectivity index (χ2n) is 6.89. The summed E-state index contributed by atoms with van der Waals surface area (Å²) < 4.78 is 16.7. The number of aromatic nitrogens is 2. The summed E-state index contributed by atoms with van der Waals surface area (Å²) in [5.41, 5.74) is 1.17. The van der Waals surface area contributed by atoms with Crippen LogP contribution in [0.4, 0.5) is 0 Å². The summed E-state index contributed by atoms with van der Waals surface area (Å²) in [6.07, 6.45) is 2.00. The molecule has 132 valence electrons. The van der Waals surface area contributed by atoms with Gasteiger partial charge in [0.2, 0.25) is 5.89 Å². The molecule has 0 aromatic carbocycles. The third kappa shape index (κ3) is 3.87. The van der Waals surface area contributed by atoms with Crippen molar-refractivity contribution in [1.82, 2.24) is 15.5 Å². The summed E-state index contributed by atoms with van der Waals surface area (Å²) in [5, 5.41) is 7.75. The lowest BCUT2D eigenvalue weighted by molar-refractivity contribution is 0.0485. The zero-order valence-electron chi connectivity index (χ0n) is 15.0. The van der Waals surface area contributed by atoms with Crippen molar-refractivity contribution in [2.24, 2.45) is 5.92 Å². The number of aryl methyl sites for hydroxylation is 2. The zero-order chi connectivity index (χ0) is 17.1. The molecular formula is C18H27N3O3. The fourth-order valence-corrected chi connectivity index (χ4v) is 3.19. The minimum absolute atomic E-state index is 0.0449. The second-order valence-corrected chi connectivity index (χ2v) is 6.89. The molecule has 1 atom stereocenters. The Bertz CT molecular complexity index is 656. The van der Waals surface area contributed by atoms with Crippen molar-refractivity contribution in [3.63, 3.8) is 0 Å². The molecule has 3 rings (SSSR count). The van der Waals surface area contributed by atoms with Gasteiger partial charge < -0.3 is 19.0 Å². The second kappa shape index (κ2) is 7.49. The molecule has 0 bridgehead atoms. The van der Waals surface area contributed by atoms with Crippen LogP contribution in [-0.4, -0.2) is 23.4 Å². The van der Waals surface area contributed by atoms with Gasteiger partial charge in [-0.1, -0.05) is 19.0 Å². The van der Waals surface area contributed by atoms with E-state index >= 15 is 0 Å². The number of hydrogen-bond acceptors (Lipinski definition) is 6. The Labute approximate surface area is 143 Å². The van der Waals surface area contributed by atoms with Gasteiger partial charge in [-0.15, -0.1) is 0 Å². The predicted molar refractivity (Wildman–Crippen MR) is 89.7 cm³/mol. The van der Waals surface area contributed by atoms with Crippen LogP contribution < -0.4 is 5.32 Å². The minimum atomic E-state index is 0.0449. The van der Waals surface area contributed by atoms with E-state index < -0.39 is 0 Å². The van der Waals surface area contributed by atoms with E-state index in [1.54, 1.807) is 0 Å². The van der Waals surface area contributed by atoms with Gasteiger partial charge in [-0.25, -0.2) is 0 Å². The highest BCUT2D eigenvalue weighted by molar-refractivity contribution is 5.20. The third-order valence-corrected chi connectivity index (χ3v) is 4.63. The molecule has 1 aliphatic rings. The highest BCUT2D eigenvalue weighted by Gasteiger charge is 2.30. The third-order valence-electron chi connectivity index (χ3n) is 4.63. The standard InChI is InChI=1S/C18H27N3O3/c1-11(2)17-20-18(24-21-17)16(14-5-7-22-8-6-14)19-10-15-9-12(3)23-13(15)4/h9,11,14,16,19H,5-8,10H2,1-4H3/t16-/m0/s1. The maximum absolute atomic E-state index is 5.62. The van der Waals surface area contributed by atoms with E-state index in [1.165, 1.54) is 5.56 Å². The van der Waals surface area contributed by atoms with E-state index in [0.717, 1.165) is 49.9 Å². The monoisotopic (exact) mass is 333 g/mol. The van der Waals surface area contributed by atoms with Crippen molar-refractivity contribution < 1.29 is 13.7 Å². The molecule has 3 heterocycles. The number of nitrogens with zero attached hydrogens (tertiary/aromatic N) is 2. The quantitative estimate of drug-likeness (QED) is 0.869. The molecule has 0 unspecified atom stereocenters. The first-order chi connectivity index (χ1) is 11.5. The molecule has 0 spiro atoms. The lowest BCUT2D eigenvalue weighted by Crippen LogP contribution is -2.32.